The summed E-state index contributed by atoms with van der Waals surface area (Å²) in [5.41, 5.74) is 2.75. The van der Waals surface area contributed by atoms with Crippen molar-refractivity contribution in [3.8, 4) is 0 Å². The third-order valence-electron chi connectivity index (χ3n) is 5.27. The Hall–Kier alpha value is -2.12. The molecule has 0 N–H and O–H groups in total. The molecule has 2 unspecified atom stereocenters. The van der Waals surface area contributed by atoms with Gasteiger partial charge in [-0.1, -0.05) is 45.9 Å². The van der Waals surface area contributed by atoms with Crippen molar-refractivity contribution in [2.75, 3.05) is 4.90 Å². The van der Waals surface area contributed by atoms with Crippen molar-refractivity contribution in [1.29, 1.82) is 0 Å². The standard InChI is InChI=1S/C22H22BrN3O2S/c1-4-25-21(28)17-12-16(23)9-10-18(17)24-22(25)29-14(3)20(27)26-13(2)11-15-7-5-6-8-19(15)26/h5-10,12-14H,4,11H2,1-3H3. The molecule has 5 nitrogen and oxygen atoms in total. The summed E-state index contributed by atoms with van der Waals surface area (Å²) in [6.45, 7) is 6.38. The average molecular weight is 472 g/mol. The molecule has 2 heterocycles. The molecule has 1 aliphatic rings. The van der Waals surface area contributed by atoms with E-state index >= 15 is 0 Å². The number of anilines is 1. The second-order valence-electron chi connectivity index (χ2n) is 7.26. The molecule has 29 heavy (non-hydrogen) atoms. The molecule has 0 saturated carbocycles. The molecular formula is C22H22BrN3O2S. The Bertz CT molecular complexity index is 1160. The predicted molar refractivity (Wildman–Crippen MR) is 122 cm³/mol. The van der Waals surface area contributed by atoms with Crippen LogP contribution >= 0.6 is 27.7 Å². The maximum absolute atomic E-state index is 13.3. The smallest absolute Gasteiger partial charge is 0.262 e. The number of benzene rings is 2. The van der Waals surface area contributed by atoms with Crippen LogP contribution in [0, 0.1) is 0 Å². The fraction of sp³-hybridized carbons (Fsp3) is 0.318. The molecule has 4 rings (SSSR count). The number of para-hydroxylation sites is 1. The van der Waals surface area contributed by atoms with Gasteiger partial charge < -0.3 is 4.90 Å². The van der Waals surface area contributed by atoms with Gasteiger partial charge in [-0.3, -0.25) is 14.2 Å². The minimum atomic E-state index is -0.360. The van der Waals surface area contributed by atoms with Crippen LogP contribution in [0.25, 0.3) is 10.9 Å². The fourth-order valence-electron chi connectivity index (χ4n) is 3.85. The van der Waals surface area contributed by atoms with Gasteiger partial charge in [-0.2, -0.15) is 0 Å². The summed E-state index contributed by atoms with van der Waals surface area (Å²) < 4.78 is 2.49. The van der Waals surface area contributed by atoms with E-state index in [0.717, 1.165) is 16.6 Å². The van der Waals surface area contributed by atoms with Gasteiger partial charge in [0.05, 0.1) is 16.2 Å². The van der Waals surface area contributed by atoms with E-state index in [1.165, 1.54) is 17.3 Å². The highest BCUT2D eigenvalue weighted by molar-refractivity contribution is 9.10. The number of thioether (sulfide) groups is 1. The molecule has 0 fully saturated rings. The first kappa shape index (κ1) is 20.2. The number of rotatable bonds is 4. The molecule has 7 heteroatoms. The number of amides is 1. The summed E-state index contributed by atoms with van der Waals surface area (Å²) in [5, 5.41) is 0.793. The Morgan fingerprint density at radius 3 is 2.83 bits per heavy atom. The number of nitrogens with zero attached hydrogens (tertiary/aromatic N) is 3. The van der Waals surface area contributed by atoms with Crippen LogP contribution in [0.4, 0.5) is 5.69 Å². The molecule has 3 aromatic rings. The Kier molecular flexibility index (Phi) is 5.53. The van der Waals surface area contributed by atoms with Crippen molar-refractivity contribution < 1.29 is 4.79 Å². The van der Waals surface area contributed by atoms with Gasteiger partial charge in [-0.05, 0) is 57.0 Å². The van der Waals surface area contributed by atoms with Gasteiger partial charge >= 0.3 is 0 Å². The van der Waals surface area contributed by atoms with E-state index in [2.05, 4.69) is 28.9 Å². The zero-order chi connectivity index (χ0) is 20.7. The summed E-state index contributed by atoms with van der Waals surface area (Å²) in [4.78, 5) is 32.8. The Balaban J connectivity index is 1.67. The quantitative estimate of drug-likeness (QED) is 0.410. The van der Waals surface area contributed by atoms with Gasteiger partial charge in [0.25, 0.3) is 5.56 Å². The molecule has 2 aromatic carbocycles. The summed E-state index contributed by atoms with van der Waals surface area (Å²) in [6, 6.07) is 13.7. The van der Waals surface area contributed by atoms with Crippen LogP contribution in [0.5, 0.6) is 0 Å². The lowest BCUT2D eigenvalue weighted by Crippen LogP contribution is -2.40. The zero-order valence-electron chi connectivity index (χ0n) is 16.6. The van der Waals surface area contributed by atoms with Gasteiger partial charge in [-0.15, -0.1) is 0 Å². The first-order valence-corrected chi connectivity index (χ1v) is 11.4. The van der Waals surface area contributed by atoms with Crippen LogP contribution in [0.1, 0.15) is 26.3 Å². The van der Waals surface area contributed by atoms with Gasteiger partial charge in [-0.25, -0.2) is 4.98 Å². The molecule has 1 amide bonds. The Morgan fingerprint density at radius 2 is 2.07 bits per heavy atom. The van der Waals surface area contributed by atoms with Crippen molar-refractivity contribution in [1.82, 2.24) is 9.55 Å². The fourth-order valence-corrected chi connectivity index (χ4v) is 5.23. The lowest BCUT2D eigenvalue weighted by atomic mass is 10.1. The third-order valence-corrected chi connectivity index (χ3v) is 6.84. The monoisotopic (exact) mass is 471 g/mol. The summed E-state index contributed by atoms with van der Waals surface area (Å²) >= 11 is 4.76. The minimum absolute atomic E-state index is 0.0419. The van der Waals surface area contributed by atoms with E-state index in [9.17, 15) is 9.59 Å². The van der Waals surface area contributed by atoms with Crippen LogP contribution in [-0.4, -0.2) is 26.8 Å². The number of hydrogen-bond acceptors (Lipinski definition) is 4. The number of carbonyl (C=O) groups is 1. The Labute approximate surface area is 182 Å². The SMILES string of the molecule is CCn1c(SC(C)C(=O)N2c3ccccc3CC2C)nc2ccc(Br)cc2c1=O. The van der Waals surface area contributed by atoms with Crippen molar-refractivity contribution >= 4 is 50.2 Å². The Morgan fingerprint density at radius 1 is 1.31 bits per heavy atom. The first-order chi connectivity index (χ1) is 13.9. The topological polar surface area (TPSA) is 55.2 Å². The largest absolute Gasteiger partial charge is 0.308 e. The highest BCUT2D eigenvalue weighted by atomic mass is 79.9. The summed E-state index contributed by atoms with van der Waals surface area (Å²) in [7, 11) is 0. The van der Waals surface area contributed by atoms with Gasteiger partial charge in [0.1, 0.15) is 0 Å². The van der Waals surface area contributed by atoms with Crippen LogP contribution < -0.4 is 10.5 Å². The summed E-state index contributed by atoms with van der Waals surface area (Å²) in [6.07, 6.45) is 0.863. The average Bonchev–Trinajstić information content (AvgIpc) is 3.04. The molecule has 1 aliphatic heterocycles. The van der Waals surface area contributed by atoms with Crippen LogP contribution in [0.15, 0.2) is 56.9 Å². The van der Waals surface area contributed by atoms with Gasteiger partial charge in [0.2, 0.25) is 5.91 Å². The molecule has 0 aliphatic carbocycles. The zero-order valence-corrected chi connectivity index (χ0v) is 19.0. The van der Waals surface area contributed by atoms with Crippen LogP contribution in [0.3, 0.4) is 0 Å². The van der Waals surface area contributed by atoms with Crippen molar-refractivity contribution in [2.45, 2.75) is 50.2 Å². The van der Waals surface area contributed by atoms with E-state index in [1.807, 2.05) is 49.1 Å². The first-order valence-electron chi connectivity index (χ1n) is 9.68. The molecule has 2 atom stereocenters. The van der Waals surface area contributed by atoms with Crippen molar-refractivity contribution in [3.05, 3.63) is 62.9 Å². The third kappa shape index (κ3) is 3.62. The predicted octanol–water partition coefficient (Wildman–Crippen LogP) is 4.64. The maximum Gasteiger partial charge on any atom is 0.262 e. The molecule has 0 saturated heterocycles. The molecule has 0 spiro atoms. The van der Waals surface area contributed by atoms with Gasteiger partial charge in [0.15, 0.2) is 5.16 Å². The summed E-state index contributed by atoms with van der Waals surface area (Å²) in [5.74, 6) is 0.0419. The lowest BCUT2D eigenvalue weighted by molar-refractivity contribution is -0.118. The van der Waals surface area contributed by atoms with Crippen LogP contribution in [-0.2, 0) is 17.8 Å². The normalized spacial score (nSPS) is 16.8. The van der Waals surface area contributed by atoms with E-state index in [-0.39, 0.29) is 22.8 Å². The number of carbonyl (C=O) groups excluding carboxylic acids is 1. The molecule has 150 valence electrons. The number of hydrogen-bond donors (Lipinski definition) is 0. The molecule has 1 aromatic heterocycles. The maximum atomic E-state index is 13.3. The highest BCUT2D eigenvalue weighted by Crippen LogP contribution is 2.34. The van der Waals surface area contributed by atoms with Crippen molar-refractivity contribution in [2.24, 2.45) is 0 Å². The van der Waals surface area contributed by atoms with E-state index in [4.69, 9.17) is 4.98 Å². The number of aromatic nitrogens is 2. The molecule has 0 bridgehead atoms. The van der Waals surface area contributed by atoms with Gasteiger partial charge in [0, 0.05) is 22.7 Å². The second kappa shape index (κ2) is 7.95. The van der Waals surface area contributed by atoms with Crippen LogP contribution in [0.2, 0.25) is 0 Å². The van der Waals surface area contributed by atoms with E-state index in [1.54, 1.807) is 10.6 Å². The van der Waals surface area contributed by atoms with E-state index in [0.29, 0.717) is 22.6 Å². The molecular weight excluding hydrogens is 450 g/mol. The lowest BCUT2D eigenvalue weighted by Gasteiger charge is -2.26. The minimum Gasteiger partial charge on any atom is -0.308 e. The van der Waals surface area contributed by atoms with E-state index < -0.39 is 0 Å². The van der Waals surface area contributed by atoms with Crippen molar-refractivity contribution in [3.63, 3.8) is 0 Å². The molecule has 0 radical (unpaired) electrons. The second-order valence-corrected chi connectivity index (χ2v) is 9.48. The number of halogens is 1. The number of fused-ring (bicyclic) bond motifs is 2. The highest BCUT2D eigenvalue weighted by Gasteiger charge is 2.33.